The van der Waals surface area contributed by atoms with Gasteiger partial charge < -0.3 is 10.1 Å². The molecule has 0 amide bonds. The Morgan fingerprint density at radius 2 is 2.06 bits per heavy atom. The molecule has 1 unspecified atom stereocenters. The molecule has 0 radical (unpaired) electrons. The molecule has 1 atom stereocenters. The smallest absolute Gasteiger partial charge is 0.310 e. The van der Waals surface area contributed by atoms with Gasteiger partial charge in [-0.25, -0.2) is 8.78 Å². The lowest BCUT2D eigenvalue weighted by Crippen LogP contribution is -2.23. The third-order valence-corrected chi connectivity index (χ3v) is 2.54. The zero-order chi connectivity index (χ0) is 13.7. The van der Waals surface area contributed by atoms with Gasteiger partial charge >= 0.3 is 5.97 Å². The first-order chi connectivity index (χ1) is 8.45. The molecule has 3 nitrogen and oxygen atoms in total. The maximum absolute atomic E-state index is 13.5. The molecule has 1 rings (SSSR count). The summed E-state index contributed by atoms with van der Waals surface area (Å²) in [7, 11) is 0. The number of esters is 1. The van der Waals surface area contributed by atoms with Crippen LogP contribution in [0.1, 0.15) is 19.4 Å². The molecule has 0 heterocycles. The summed E-state index contributed by atoms with van der Waals surface area (Å²) in [6.45, 7) is 5.36. The fourth-order valence-electron chi connectivity index (χ4n) is 1.41. The fraction of sp³-hybridized carbons (Fsp3) is 0.462. The van der Waals surface area contributed by atoms with Gasteiger partial charge in [-0.1, -0.05) is 6.92 Å². The van der Waals surface area contributed by atoms with E-state index in [1.54, 1.807) is 13.8 Å². The SMILES string of the molecule is CCOC(=O)C(C)CNc1cc(F)c(C)cc1F. The average Bonchev–Trinajstić information content (AvgIpc) is 2.32. The summed E-state index contributed by atoms with van der Waals surface area (Å²) in [6, 6.07) is 2.20. The zero-order valence-corrected chi connectivity index (χ0v) is 10.7. The maximum Gasteiger partial charge on any atom is 0.310 e. The van der Waals surface area contributed by atoms with Crippen LogP contribution in [-0.2, 0) is 9.53 Å². The van der Waals surface area contributed by atoms with Gasteiger partial charge in [-0.05, 0) is 25.5 Å². The van der Waals surface area contributed by atoms with E-state index in [2.05, 4.69) is 5.32 Å². The van der Waals surface area contributed by atoms with Crippen LogP contribution < -0.4 is 5.32 Å². The summed E-state index contributed by atoms with van der Waals surface area (Å²) in [5.74, 6) is -1.81. The molecule has 0 aliphatic carbocycles. The van der Waals surface area contributed by atoms with Crippen molar-refractivity contribution in [1.29, 1.82) is 0 Å². The van der Waals surface area contributed by atoms with Gasteiger partial charge in [-0.2, -0.15) is 0 Å². The van der Waals surface area contributed by atoms with Gasteiger partial charge in [0.2, 0.25) is 0 Å². The largest absolute Gasteiger partial charge is 0.466 e. The molecule has 5 heteroatoms. The number of carbonyl (C=O) groups is 1. The van der Waals surface area contributed by atoms with Crippen molar-refractivity contribution in [3.63, 3.8) is 0 Å². The molecule has 0 fully saturated rings. The fourth-order valence-corrected chi connectivity index (χ4v) is 1.41. The highest BCUT2D eigenvalue weighted by molar-refractivity contribution is 5.72. The molecule has 0 spiro atoms. The van der Waals surface area contributed by atoms with Crippen molar-refractivity contribution >= 4 is 11.7 Å². The third kappa shape index (κ3) is 3.68. The first kappa shape index (κ1) is 14.4. The second kappa shape index (κ2) is 6.33. The van der Waals surface area contributed by atoms with Gasteiger partial charge in [-0.15, -0.1) is 0 Å². The van der Waals surface area contributed by atoms with E-state index in [9.17, 15) is 13.6 Å². The minimum Gasteiger partial charge on any atom is -0.466 e. The summed E-state index contributed by atoms with van der Waals surface area (Å²) >= 11 is 0. The van der Waals surface area contributed by atoms with E-state index in [1.165, 1.54) is 6.92 Å². The number of aryl methyl sites for hydroxylation is 1. The molecule has 1 aromatic rings. The molecule has 0 saturated carbocycles. The summed E-state index contributed by atoms with van der Waals surface area (Å²) in [6.07, 6.45) is 0. The Kier molecular flexibility index (Phi) is 5.07. The Hall–Kier alpha value is -1.65. The number of nitrogens with one attached hydrogen (secondary N) is 1. The van der Waals surface area contributed by atoms with Crippen molar-refractivity contribution in [2.24, 2.45) is 5.92 Å². The van der Waals surface area contributed by atoms with Crippen LogP contribution in [0.15, 0.2) is 12.1 Å². The van der Waals surface area contributed by atoms with Crippen molar-refractivity contribution in [1.82, 2.24) is 0 Å². The number of benzene rings is 1. The Morgan fingerprint density at radius 3 is 2.67 bits per heavy atom. The average molecular weight is 257 g/mol. The molecular weight excluding hydrogens is 240 g/mol. The molecule has 100 valence electrons. The van der Waals surface area contributed by atoms with Crippen LogP contribution >= 0.6 is 0 Å². The number of halogens is 2. The molecule has 0 saturated heterocycles. The van der Waals surface area contributed by atoms with Gasteiger partial charge in [0, 0.05) is 12.6 Å². The molecular formula is C13H17F2NO2. The normalized spacial score (nSPS) is 12.1. The predicted octanol–water partition coefficient (Wildman–Crippen LogP) is 2.88. The number of rotatable bonds is 5. The highest BCUT2D eigenvalue weighted by atomic mass is 19.1. The topological polar surface area (TPSA) is 38.3 Å². The lowest BCUT2D eigenvalue weighted by atomic mass is 10.1. The molecule has 0 aliphatic heterocycles. The highest BCUT2D eigenvalue weighted by Gasteiger charge is 2.15. The summed E-state index contributed by atoms with van der Waals surface area (Å²) in [5.41, 5.74) is 0.297. The van der Waals surface area contributed by atoms with Gasteiger partial charge in [0.25, 0.3) is 0 Å². The quantitative estimate of drug-likeness (QED) is 0.824. The van der Waals surface area contributed by atoms with Crippen LogP contribution in [0.4, 0.5) is 14.5 Å². The number of hydrogen-bond acceptors (Lipinski definition) is 3. The van der Waals surface area contributed by atoms with Crippen molar-refractivity contribution in [2.45, 2.75) is 20.8 Å². The van der Waals surface area contributed by atoms with Gasteiger partial charge in [0.05, 0.1) is 18.2 Å². The third-order valence-electron chi connectivity index (χ3n) is 2.54. The Balaban J connectivity index is 2.63. The summed E-state index contributed by atoms with van der Waals surface area (Å²) in [5, 5.41) is 2.70. The minimum absolute atomic E-state index is 0.0502. The van der Waals surface area contributed by atoms with E-state index in [4.69, 9.17) is 4.74 Å². The highest BCUT2D eigenvalue weighted by Crippen LogP contribution is 2.19. The lowest BCUT2D eigenvalue weighted by molar-refractivity contribution is -0.146. The van der Waals surface area contributed by atoms with Crippen LogP contribution in [-0.4, -0.2) is 19.1 Å². The Bertz CT molecular complexity index is 435. The van der Waals surface area contributed by atoms with Crippen molar-refractivity contribution in [3.05, 3.63) is 29.3 Å². The van der Waals surface area contributed by atoms with Crippen LogP contribution in [0.5, 0.6) is 0 Å². The van der Waals surface area contributed by atoms with Gasteiger partial charge in [-0.3, -0.25) is 4.79 Å². The Labute approximate surface area is 105 Å². The second-order valence-electron chi connectivity index (χ2n) is 4.12. The lowest BCUT2D eigenvalue weighted by Gasteiger charge is -2.13. The van der Waals surface area contributed by atoms with Crippen molar-refractivity contribution in [3.8, 4) is 0 Å². The molecule has 0 aliphatic rings. The van der Waals surface area contributed by atoms with Crippen LogP contribution in [0.3, 0.4) is 0 Å². The van der Waals surface area contributed by atoms with Crippen molar-refractivity contribution in [2.75, 3.05) is 18.5 Å². The maximum atomic E-state index is 13.5. The first-order valence-corrected chi connectivity index (χ1v) is 5.81. The number of ether oxygens (including phenoxy) is 1. The van der Waals surface area contributed by atoms with Crippen molar-refractivity contribution < 1.29 is 18.3 Å². The van der Waals surface area contributed by atoms with Crippen LogP contribution in [0.2, 0.25) is 0 Å². The minimum atomic E-state index is -0.537. The van der Waals surface area contributed by atoms with E-state index in [-0.39, 0.29) is 23.8 Å². The zero-order valence-electron chi connectivity index (χ0n) is 10.7. The van der Waals surface area contributed by atoms with E-state index in [0.29, 0.717) is 6.61 Å². The van der Waals surface area contributed by atoms with E-state index >= 15 is 0 Å². The van der Waals surface area contributed by atoms with Crippen LogP contribution in [0, 0.1) is 24.5 Å². The standard InChI is InChI=1S/C13H17F2NO2/c1-4-18-13(17)9(3)7-16-12-6-10(14)8(2)5-11(12)15/h5-6,9,16H,4,7H2,1-3H3. The molecule has 1 N–H and O–H groups in total. The predicted molar refractivity (Wildman–Crippen MR) is 65.4 cm³/mol. The van der Waals surface area contributed by atoms with Crippen LogP contribution in [0.25, 0.3) is 0 Å². The number of anilines is 1. The second-order valence-corrected chi connectivity index (χ2v) is 4.12. The summed E-state index contributed by atoms with van der Waals surface area (Å²) < 4.78 is 31.6. The molecule has 1 aromatic carbocycles. The Morgan fingerprint density at radius 1 is 1.39 bits per heavy atom. The number of hydrogen-bond donors (Lipinski definition) is 1. The first-order valence-electron chi connectivity index (χ1n) is 5.81. The monoisotopic (exact) mass is 257 g/mol. The summed E-state index contributed by atoms with van der Waals surface area (Å²) in [4.78, 5) is 11.3. The van der Waals surface area contributed by atoms with Gasteiger partial charge in [0.15, 0.2) is 0 Å². The van der Waals surface area contributed by atoms with Gasteiger partial charge in [0.1, 0.15) is 11.6 Å². The number of carbonyl (C=O) groups excluding carboxylic acids is 1. The molecule has 18 heavy (non-hydrogen) atoms. The molecule has 0 bridgehead atoms. The molecule has 0 aromatic heterocycles. The van der Waals surface area contributed by atoms with E-state index in [1.807, 2.05) is 0 Å². The van der Waals surface area contributed by atoms with E-state index in [0.717, 1.165) is 12.1 Å². The van der Waals surface area contributed by atoms with E-state index < -0.39 is 17.6 Å².